The van der Waals surface area contributed by atoms with Crippen molar-refractivity contribution < 1.29 is 9.84 Å². The molecule has 0 spiro atoms. The molecular weight excluding hydrogens is 214 g/mol. The van der Waals surface area contributed by atoms with Crippen LogP contribution in [0.15, 0.2) is 18.5 Å². The fourth-order valence-electron chi connectivity index (χ4n) is 2.54. The molecule has 2 rings (SSSR count). The van der Waals surface area contributed by atoms with E-state index in [0.29, 0.717) is 6.10 Å². The normalized spacial score (nSPS) is 24.6. The number of hydrogen-bond donors (Lipinski definition) is 1. The molecule has 1 aromatic rings. The molecule has 0 aromatic carbocycles. The number of aliphatic hydroxyl groups is 1. The molecule has 0 radical (unpaired) electrons. The summed E-state index contributed by atoms with van der Waals surface area (Å²) in [5.41, 5.74) is 0.832. The molecule has 2 unspecified atom stereocenters. The molecule has 17 heavy (non-hydrogen) atoms. The molecule has 1 fully saturated rings. The first-order valence-electron chi connectivity index (χ1n) is 6.54. The van der Waals surface area contributed by atoms with Crippen molar-refractivity contribution in [2.75, 3.05) is 0 Å². The summed E-state index contributed by atoms with van der Waals surface area (Å²) in [4.78, 5) is 4.06. The van der Waals surface area contributed by atoms with Crippen LogP contribution in [-0.2, 0) is 6.61 Å². The summed E-state index contributed by atoms with van der Waals surface area (Å²) >= 11 is 0. The SMILES string of the molecule is CCC1CCCC(Oc2cnccc2CO)C1. The molecule has 94 valence electrons. The fraction of sp³-hybridized carbons (Fsp3) is 0.643. The van der Waals surface area contributed by atoms with Crippen LogP contribution in [0.25, 0.3) is 0 Å². The van der Waals surface area contributed by atoms with E-state index in [1.807, 2.05) is 6.07 Å². The van der Waals surface area contributed by atoms with Crippen LogP contribution < -0.4 is 4.74 Å². The molecule has 3 nitrogen and oxygen atoms in total. The lowest BCUT2D eigenvalue weighted by Gasteiger charge is -2.29. The maximum absolute atomic E-state index is 9.24. The minimum Gasteiger partial charge on any atom is -0.488 e. The number of pyridine rings is 1. The number of hydrogen-bond acceptors (Lipinski definition) is 3. The van der Waals surface area contributed by atoms with Crippen molar-refractivity contribution in [2.24, 2.45) is 5.92 Å². The van der Waals surface area contributed by atoms with Crippen molar-refractivity contribution in [1.29, 1.82) is 0 Å². The largest absolute Gasteiger partial charge is 0.488 e. The van der Waals surface area contributed by atoms with Crippen molar-refractivity contribution in [1.82, 2.24) is 4.98 Å². The Labute approximate surface area is 103 Å². The number of rotatable bonds is 4. The second-order valence-electron chi connectivity index (χ2n) is 4.82. The Kier molecular flexibility index (Phi) is 4.37. The van der Waals surface area contributed by atoms with Gasteiger partial charge in [-0.3, -0.25) is 4.98 Å². The summed E-state index contributed by atoms with van der Waals surface area (Å²) in [6.45, 7) is 2.26. The van der Waals surface area contributed by atoms with Crippen LogP contribution in [0, 0.1) is 5.92 Å². The van der Waals surface area contributed by atoms with Crippen LogP contribution in [0.3, 0.4) is 0 Å². The lowest BCUT2D eigenvalue weighted by Crippen LogP contribution is -2.25. The van der Waals surface area contributed by atoms with Crippen molar-refractivity contribution in [3.8, 4) is 5.75 Å². The molecule has 1 saturated carbocycles. The van der Waals surface area contributed by atoms with E-state index in [-0.39, 0.29) is 6.61 Å². The molecule has 3 heteroatoms. The van der Waals surface area contributed by atoms with Crippen LogP contribution in [-0.4, -0.2) is 16.2 Å². The van der Waals surface area contributed by atoms with Gasteiger partial charge in [-0.25, -0.2) is 0 Å². The summed E-state index contributed by atoms with van der Waals surface area (Å²) in [5, 5.41) is 9.24. The van der Waals surface area contributed by atoms with Crippen LogP contribution >= 0.6 is 0 Å². The third kappa shape index (κ3) is 3.19. The zero-order valence-electron chi connectivity index (χ0n) is 10.4. The Bertz CT molecular complexity index is 354. The lowest BCUT2D eigenvalue weighted by atomic mass is 9.85. The zero-order chi connectivity index (χ0) is 12.1. The molecule has 2 atom stereocenters. The van der Waals surface area contributed by atoms with E-state index in [0.717, 1.165) is 30.1 Å². The van der Waals surface area contributed by atoms with Gasteiger partial charge >= 0.3 is 0 Å². The summed E-state index contributed by atoms with van der Waals surface area (Å²) in [6, 6.07) is 1.81. The highest BCUT2D eigenvalue weighted by atomic mass is 16.5. The van der Waals surface area contributed by atoms with Gasteiger partial charge in [0.1, 0.15) is 5.75 Å². The van der Waals surface area contributed by atoms with Gasteiger partial charge in [-0.05, 0) is 31.2 Å². The van der Waals surface area contributed by atoms with E-state index in [1.165, 1.54) is 19.3 Å². The zero-order valence-corrected chi connectivity index (χ0v) is 10.4. The Balaban J connectivity index is 2.00. The van der Waals surface area contributed by atoms with Crippen LogP contribution in [0.2, 0.25) is 0 Å². The van der Waals surface area contributed by atoms with Gasteiger partial charge in [0.25, 0.3) is 0 Å². The summed E-state index contributed by atoms with van der Waals surface area (Å²) in [7, 11) is 0. The Morgan fingerprint density at radius 1 is 1.47 bits per heavy atom. The minimum atomic E-state index is 0.0157. The third-order valence-electron chi connectivity index (χ3n) is 3.65. The standard InChI is InChI=1S/C14H21NO2/c1-2-11-4-3-5-13(8-11)17-14-9-15-7-6-12(14)10-16/h6-7,9,11,13,16H,2-5,8,10H2,1H3. The van der Waals surface area contributed by atoms with Crippen molar-refractivity contribution in [3.63, 3.8) is 0 Å². The van der Waals surface area contributed by atoms with E-state index in [2.05, 4.69) is 11.9 Å². The highest BCUT2D eigenvalue weighted by molar-refractivity contribution is 5.29. The van der Waals surface area contributed by atoms with Gasteiger partial charge in [0.05, 0.1) is 18.9 Å². The minimum absolute atomic E-state index is 0.0157. The molecule has 0 bridgehead atoms. The molecule has 1 aliphatic carbocycles. The second kappa shape index (κ2) is 6.01. The first-order chi connectivity index (χ1) is 8.33. The summed E-state index contributed by atoms with van der Waals surface area (Å²) < 4.78 is 5.99. The smallest absolute Gasteiger partial charge is 0.143 e. The molecule has 1 aromatic heterocycles. The molecule has 0 saturated heterocycles. The number of ether oxygens (including phenoxy) is 1. The van der Waals surface area contributed by atoms with Gasteiger partial charge in [-0.2, -0.15) is 0 Å². The van der Waals surface area contributed by atoms with Gasteiger partial charge in [0.15, 0.2) is 0 Å². The van der Waals surface area contributed by atoms with Crippen LogP contribution in [0.4, 0.5) is 0 Å². The highest BCUT2D eigenvalue weighted by Gasteiger charge is 2.22. The summed E-state index contributed by atoms with van der Waals surface area (Å²) in [6.07, 6.45) is 9.76. The predicted molar refractivity (Wildman–Crippen MR) is 66.8 cm³/mol. The van der Waals surface area contributed by atoms with E-state index in [1.54, 1.807) is 12.4 Å². The van der Waals surface area contributed by atoms with Gasteiger partial charge in [0.2, 0.25) is 0 Å². The van der Waals surface area contributed by atoms with Crippen molar-refractivity contribution in [3.05, 3.63) is 24.0 Å². The Hall–Kier alpha value is -1.09. The number of aromatic nitrogens is 1. The molecule has 1 N–H and O–H groups in total. The summed E-state index contributed by atoms with van der Waals surface area (Å²) in [5.74, 6) is 1.54. The molecule has 1 heterocycles. The third-order valence-corrected chi connectivity index (χ3v) is 3.65. The maximum Gasteiger partial charge on any atom is 0.143 e. The van der Waals surface area contributed by atoms with E-state index in [9.17, 15) is 5.11 Å². The van der Waals surface area contributed by atoms with Gasteiger partial charge in [-0.1, -0.05) is 19.8 Å². The van der Waals surface area contributed by atoms with Crippen molar-refractivity contribution >= 4 is 0 Å². The quantitative estimate of drug-likeness (QED) is 0.872. The molecular formula is C14H21NO2. The lowest BCUT2D eigenvalue weighted by molar-refractivity contribution is 0.118. The van der Waals surface area contributed by atoms with E-state index in [4.69, 9.17) is 4.74 Å². The monoisotopic (exact) mass is 235 g/mol. The average Bonchev–Trinajstić information content (AvgIpc) is 2.39. The first-order valence-corrected chi connectivity index (χ1v) is 6.54. The van der Waals surface area contributed by atoms with Gasteiger partial charge in [0, 0.05) is 11.8 Å². The van der Waals surface area contributed by atoms with Crippen LogP contribution in [0.1, 0.15) is 44.6 Å². The maximum atomic E-state index is 9.24. The molecule has 0 aliphatic heterocycles. The highest BCUT2D eigenvalue weighted by Crippen LogP contribution is 2.30. The number of nitrogens with zero attached hydrogens (tertiary/aromatic N) is 1. The van der Waals surface area contributed by atoms with E-state index >= 15 is 0 Å². The fourth-order valence-corrected chi connectivity index (χ4v) is 2.54. The predicted octanol–water partition coefficient (Wildman–Crippen LogP) is 2.92. The van der Waals surface area contributed by atoms with Gasteiger partial charge < -0.3 is 9.84 Å². The Morgan fingerprint density at radius 2 is 2.35 bits per heavy atom. The topological polar surface area (TPSA) is 42.4 Å². The second-order valence-corrected chi connectivity index (χ2v) is 4.82. The Morgan fingerprint density at radius 3 is 3.12 bits per heavy atom. The molecule has 1 aliphatic rings. The first kappa shape index (κ1) is 12.4. The van der Waals surface area contributed by atoms with Gasteiger partial charge in [-0.15, -0.1) is 0 Å². The van der Waals surface area contributed by atoms with E-state index < -0.39 is 0 Å². The average molecular weight is 235 g/mol. The molecule has 0 amide bonds. The van der Waals surface area contributed by atoms with Crippen molar-refractivity contribution in [2.45, 2.75) is 51.7 Å². The van der Waals surface area contributed by atoms with Crippen LogP contribution in [0.5, 0.6) is 5.75 Å². The number of aliphatic hydroxyl groups excluding tert-OH is 1.